The summed E-state index contributed by atoms with van der Waals surface area (Å²) in [5.74, 6) is 0. The van der Waals surface area contributed by atoms with Crippen molar-refractivity contribution in [2.75, 3.05) is 0 Å². The fourth-order valence-electron chi connectivity index (χ4n) is 2.59. The van der Waals surface area contributed by atoms with Gasteiger partial charge in [0.2, 0.25) is 0 Å². The van der Waals surface area contributed by atoms with E-state index in [1.54, 1.807) is 24.3 Å². The Labute approximate surface area is 137 Å². The quantitative estimate of drug-likeness (QED) is 0.579. The second-order valence-corrected chi connectivity index (χ2v) is 5.97. The van der Waals surface area contributed by atoms with Gasteiger partial charge in [0.1, 0.15) is 0 Å². The van der Waals surface area contributed by atoms with Crippen LogP contribution >= 0.6 is 23.2 Å². The number of fused-ring (bicyclic) bond motifs is 2. The van der Waals surface area contributed by atoms with E-state index in [2.05, 4.69) is 10.3 Å². The molecule has 0 aliphatic heterocycles. The number of halogens is 2. The third-order valence-corrected chi connectivity index (χ3v) is 4.16. The summed E-state index contributed by atoms with van der Waals surface area (Å²) in [7, 11) is 0. The van der Waals surface area contributed by atoms with E-state index in [4.69, 9.17) is 32.2 Å². The van der Waals surface area contributed by atoms with Crippen LogP contribution in [-0.4, -0.2) is 10.3 Å². The summed E-state index contributed by atoms with van der Waals surface area (Å²) in [4.78, 5) is 23.4. The van der Waals surface area contributed by atoms with E-state index in [9.17, 15) is 9.59 Å². The van der Waals surface area contributed by atoms with Crippen LogP contribution in [0.3, 0.4) is 0 Å². The zero-order chi connectivity index (χ0) is 16.1. The molecule has 0 saturated heterocycles. The fraction of sp³-hybridized carbons (Fsp3) is 0.0667. The topological polar surface area (TPSA) is 92.0 Å². The van der Waals surface area contributed by atoms with Gasteiger partial charge in [-0.2, -0.15) is 10.3 Å². The molecule has 0 spiro atoms. The van der Waals surface area contributed by atoms with Crippen molar-refractivity contribution >= 4 is 45.1 Å². The van der Waals surface area contributed by atoms with Gasteiger partial charge in [-0.25, -0.2) is 0 Å². The minimum atomic E-state index is -0.344. The lowest BCUT2D eigenvalue weighted by Crippen LogP contribution is -1.99. The number of aromatic amines is 2. The van der Waals surface area contributed by atoms with Crippen molar-refractivity contribution in [3.63, 3.8) is 0 Å². The van der Waals surface area contributed by atoms with Gasteiger partial charge in [0.05, 0.1) is 20.8 Å². The van der Waals surface area contributed by atoms with Gasteiger partial charge in [-0.3, -0.25) is 9.59 Å². The molecule has 0 atom stereocenters. The molecule has 2 N–H and O–H groups in total. The Hall–Kier alpha value is -2.44. The predicted molar refractivity (Wildman–Crippen MR) is 86.5 cm³/mol. The van der Waals surface area contributed by atoms with Crippen LogP contribution in [0, 0.1) is 0 Å². The zero-order valence-electron chi connectivity index (χ0n) is 11.4. The molecule has 0 aliphatic carbocycles. The Bertz CT molecular complexity index is 1070. The van der Waals surface area contributed by atoms with Crippen LogP contribution in [-0.2, 0) is 6.42 Å². The van der Waals surface area contributed by atoms with Crippen molar-refractivity contribution in [1.82, 2.24) is 10.3 Å². The van der Waals surface area contributed by atoms with Crippen molar-refractivity contribution in [3.05, 3.63) is 66.1 Å². The van der Waals surface area contributed by atoms with Crippen molar-refractivity contribution in [3.8, 4) is 0 Å². The summed E-state index contributed by atoms with van der Waals surface area (Å²) in [5.41, 5.74) is 1.54. The van der Waals surface area contributed by atoms with Gasteiger partial charge >= 0.3 is 0 Å². The van der Waals surface area contributed by atoms with E-state index >= 15 is 0 Å². The molecule has 116 valence electrons. The highest BCUT2D eigenvalue weighted by Crippen LogP contribution is 2.27. The summed E-state index contributed by atoms with van der Waals surface area (Å²) in [6, 6.07) is 6.80. The maximum absolute atomic E-state index is 11.7. The summed E-state index contributed by atoms with van der Waals surface area (Å²) >= 11 is 12.3. The highest BCUT2D eigenvalue weighted by Gasteiger charge is 2.13. The molecule has 6 nitrogen and oxygen atoms in total. The molecular formula is C15H8Cl2N2O4. The molecule has 2 aromatic heterocycles. The molecule has 0 amide bonds. The van der Waals surface area contributed by atoms with E-state index in [0.29, 0.717) is 38.4 Å². The number of aromatic nitrogens is 2. The summed E-state index contributed by atoms with van der Waals surface area (Å²) < 4.78 is 10.0. The van der Waals surface area contributed by atoms with Crippen molar-refractivity contribution in [2.45, 2.75) is 6.42 Å². The summed E-state index contributed by atoms with van der Waals surface area (Å²) in [5, 5.41) is 5.93. The molecule has 4 rings (SSSR count). The van der Waals surface area contributed by atoms with Crippen LogP contribution in [0.25, 0.3) is 21.9 Å². The molecule has 2 heterocycles. The van der Waals surface area contributed by atoms with Crippen LogP contribution in [0.1, 0.15) is 11.1 Å². The first-order chi connectivity index (χ1) is 11.0. The summed E-state index contributed by atoms with van der Waals surface area (Å²) in [6.07, 6.45) is 0.445. The molecule has 23 heavy (non-hydrogen) atoms. The lowest BCUT2D eigenvalue weighted by Gasteiger charge is -2.04. The molecule has 0 unspecified atom stereocenters. The number of hydrogen-bond acceptors (Lipinski definition) is 4. The fourth-order valence-corrected chi connectivity index (χ4v) is 3.15. The van der Waals surface area contributed by atoms with Crippen molar-refractivity contribution < 1.29 is 9.05 Å². The zero-order valence-corrected chi connectivity index (χ0v) is 12.9. The van der Waals surface area contributed by atoms with E-state index in [-0.39, 0.29) is 11.1 Å². The average Bonchev–Trinajstić information content (AvgIpc) is 3.05. The van der Waals surface area contributed by atoms with Gasteiger partial charge in [-0.05, 0) is 41.8 Å². The number of nitrogens with one attached hydrogen (secondary N) is 2. The second kappa shape index (κ2) is 5.04. The maximum Gasteiger partial charge on any atom is 0.287 e. The van der Waals surface area contributed by atoms with Crippen LogP contribution in [0.5, 0.6) is 0 Å². The Kier molecular flexibility index (Phi) is 3.11. The molecule has 0 fully saturated rings. The highest BCUT2D eigenvalue weighted by atomic mass is 35.5. The SMILES string of the molecule is O=c1[nH]oc2c(Cl)cc(Cc3cc(Cl)c4o[nH]c(=O)c4c3)cc12. The smallest absolute Gasteiger partial charge is 0.287 e. The Balaban J connectivity index is 1.84. The number of hydrogen-bond donors (Lipinski definition) is 2. The van der Waals surface area contributed by atoms with Crippen LogP contribution in [0.4, 0.5) is 0 Å². The second-order valence-electron chi connectivity index (χ2n) is 5.15. The molecule has 8 heteroatoms. The minimum Gasteiger partial charge on any atom is -0.377 e. The predicted octanol–water partition coefficient (Wildman–Crippen LogP) is 3.45. The number of benzene rings is 2. The lowest BCUT2D eigenvalue weighted by atomic mass is 10.0. The first-order valence-corrected chi connectivity index (χ1v) is 7.38. The molecule has 0 radical (unpaired) electrons. The molecule has 0 aliphatic rings. The van der Waals surface area contributed by atoms with Gasteiger partial charge in [0.25, 0.3) is 11.1 Å². The van der Waals surface area contributed by atoms with Gasteiger partial charge in [-0.15, -0.1) is 0 Å². The molecule has 0 saturated carbocycles. The third-order valence-electron chi connectivity index (χ3n) is 3.60. The molecule has 2 aromatic carbocycles. The van der Waals surface area contributed by atoms with Gasteiger partial charge < -0.3 is 9.05 Å². The van der Waals surface area contributed by atoms with Crippen LogP contribution in [0.15, 0.2) is 42.9 Å². The standard InChI is InChI=1S/C15H8Cl2N2O4/c16-10-4-6(2-8-12(10)22-18-14(8)20)1-7-3-9-13(11(17)5-7)23-19-15(9)21/h2-5H,1H2,(H,18,20)(H,19,21). The highest BCUT2D eigenvalue weighted by molar-refractivity contribution is 6.35. The van der Waals surface area contributed by atoms with Gasteiger partial charge in [0, 0.05) is 0 Å². The maximum atomic E-state index is 11.7. The van der Waals surface area contributed by atoms with Crippen LogP contribution in [0.2, 0.25) is 10.0 Å². The third kappa shape index (κ3) is 2.27. The monoisotopic (exact) mass is 350 g/mol. The first kappa shape index (κ1) is 14.2. The largest absolute Gasteiger partial charge is 0.377 e. The number of rotatable bonds is 2. The average molecular weight is 351 g/mol. The van der Waals surface area contributed by atoms with E-state index in [1.807, 2.05) is 0 Å². The molecule has 0 bridgehead atoms. The summed E-state index contributed by atoms with van der Waals surface area (Å²) in [6.45, 7) is 0. The van der Waals surface area contributed by atoms with Gasteiger partial charge in [0.15, 0.2) is 11.2 Å². The van der Waals surface area contributed by atoms with E-state index in [1.165, 1.54) is 0 Å². The lowest BCUT2D eigenvalue weighted by molar-refractivity contribution is 0.449. The van der Waals surface area contributed by atoms with E-state index in [0.717, 1.165) is 11.1 Å². The van der Waals surface area contributed by atoms with Crippen LogP contribution < -0.4 is 11.1 Å². The molecular weight excluding hydrogens is 343 g/mol. The Morgan fingerprint density at radius 1 is 0.783 bits per heavy atom. The first-order valence-electron chi connectivity index (χ1n) is 6.62. The van der Waals surface area contributed by atoms with E-state index < -0.39 is 0 Å². The molecule has 4 aromatic rings. The minimum absolute atomic E-state index is 0.320. The van der Waals surface area contributed by atoms with Crippen molar-refractivity contribution in [2.24, 2.45) is 0 Å². The van der Waals surface area contributed by atoms with Crippen molar-refractivity contribution in [1.29, 1.82) is 0 Å². The van der Waals surface area contributed by atoms with Gasteiger partial charge in [-0.1, -0.05) is 23.2 Å². The number of H-pyrrole nitrogens is 2. The Morgan fingerprint density at radius 3 is 1.65 bits per heavy atom. The normalized spacial score (nSPS) is 11.6. The Morgan fingerprint density at radius 2 is 1.22 bits per heavy atom.